The number of rotatable bonds is 4. The molecule has 188 valence electrons. The molecule has 3 aromatic heterocycles. The Morgan fingerprint density at radius 2 is 1.70 bits per heavy atom. The van der Waals surface area contributed by atoms with E-state index in [0.717, 1.165) is 36.2 Å². The lowest BCUT2D eigenvalue weighted by molar-refractivity contribution is -0.0463. The molecule has 2 bridgehead atoms. The van der Waals surface area contributed by atoms with Crippen molar-refractivity contribution in [1.29, 1.82) is 0 Å². The predicted molar refractivity (Wildman–Crippen MR) is 131 cm³/mol. The van der Waals surface area contributed by atoms with Crippen LogP contribution in [-0.4, -0.2) is 35.5 Å². The number of pyridine rings is 1. The van der Waals surface area contributed by atoms with E-state index in [-0.39, 0.29) is 22.6 Å². The van der Waals surface area contributed by atoms with Gasteiger partial charge in [0.1, 0.15) is 22.9 Å². The zero-order valence-corrected chi connectivity index (χ0v) is 20.6. The summed E-state index contributed by atoms with van der Waals surface area (Å²) in [7, 11) is 0. The van der Waals surface area contributed by atoms with E-state index >= 15 is 0 Å². The first-order valence-corrected chi connectivity index (χ1v) is 12.7. The average Bonchev–Trinajstić information content (AvgIpc) is 3.51. The highest BCUT2D eigenvalue weighted by molar-refractivity contribution is 5.64. The maximum atomic E-state index is 14.5. The highest BCUT2D eigenvalue weighted by Crippen LogP contribution is 2.69. The van der Waals surface area contributed by atoms with Crippen LogP contribution in [0.15, 0.2) is 42.5 Å². The summed E-state index contributed by atoms with van der Waals surface area (Å²) in [6, 6.07) is 11.4. The second-order valence-corrected chi connectivity index (χ2v) is 11.1. The number of nitrogens with zero attached hydrogens (tertiary/aromatic N) is 5. The van der Waals surface area contributed by atoms with Crippen molar-refractivity contribution in [2.45, 2.75) is 62.9 Å². The quantitative estimate of drug-likeness (QED) is 0.401. The number of aromatic amines is 1. The molecule has 7 rings (SSSR count). The molecule has 0 spiro atoms. The summed E-state index contributed by atoms with van der Waals surface area (Å²) in [5.74, 6) is -0.239. The maximum absolute atomic E-state index is 14.5. The summed E-state index contributed by atoms with van der Waals surface area (Å²) in [5, 5.41) is 26.8. The van der Waals surface area contributed by atoms with Crippen LogP contribution in [0, 0.1) is 17.0 Å². The van der Waals surface area contributed by atoms with Crippen molar-refractivity contribution in [2.24, 2.45) is 5.41 Å². The van der Waals surface area contributed by atoms with E-state index in [0.29, 0.717) is 30.2 Å². The van der Waals surface area contributed by atoms with Crippen LogP contribution in [0.25, 0.3) is 22.8 Å². The fourth-order valence-corrected chi connectivity index (χ4v) is 6.89. The molecule has 2 saturated carbocycles. The van der Waals surface area contributed by atoms with Crippen molar-refractivity contribution >= 4 is 0 Å². The monoisotopic (exact) mass is 500 g/mol. The second-order valence-electron chi connectivity index (χ2n) is 11.1. The molecule has 7 nitrogen and oxygen atoms in total. The van der Waals surface area contributed by atoms with Gasteiger partial charge in [0.15, 0.2) is 11.6 Å². The molecular formula is C28H26F2N6O. The number of H-pyrrole nitrogens is 1. The lowest BCUT2D eigenvalue weighted by Crippen LogP contribution is -2.37. The largest absolute Gasteiger partial charge is 0.382 e. The summed E-state index contributed by atoms with van der Waals surface area (Å²) < 4.78 is 29.1. The standard InChI is InChI=1S/C28H26F2N6O/c1-26(2)16-10-13-28(26,23-15(16)14-20(33-34-23)22-17(29)6-3-7-18(22)30)21-9-4-8-19(31-21)24-32-25(36-35-24)27(37)11-5-12-27/h3-4,6-9,14,16,37H,5,10-13H2,1-2H3,(H,32,35,36)/t16-,28-/m0/s1. The summed E-state index contributed by atoms with van der Waals surface area (Å²) in [4.78, 5) is 9.59. The third-order valence-corrected chi connectivity index (χ3v) is 9.12. The van der Waals surface area contributed by atoms with Gasteiger partial charge in [0.2, 0.25) is 0 Å². The Labute approximate surface area is 212 Å². The van der Waals surface area contributed by atoms with E-state index in [9.17, 15) is 13.9 Å². The van der Waals surface area contributed by atoms with Gasteiger partial charge in [-0.3, -0.25) is 5.10 Å². The van der Waals surface area contributed by atoms with Gasteiger partial charge >= 0.3 is 0 Å². The second kappa shape index (κ2) is 7.47. The number of benzene rings is 1. The molecule has 1 aromatic carbocycles. The minimum atomic E-state index is -0.933. The summed E-state index contributed by atoms with van der Waals surface area (Å²) in [5.41, 5.74) is 1.63. The first-order chi connectivity index (χ1) is 17.7. The summed E-state index contributed by atoms with van der Waals surface area (Å²) >= 11 is 0. The number of aromatic nitrogens is 6. The highest BCUT2D eigenvalue weighted by Gasteiger charge is 2.65. The summed E-state index contributed by atoms with van der Waals surface area (Å²) in [6.07, 6.45) is 4.05. The van der Waals surface area contributed by atoms with Crippen LogP contribution in [0.5, 0.6) is 0 Å². The highest BCUT2D eigenvalue weighted by atomic mass is 19.1. The fraction of sp³-hybridized carbons (Fsp3) is 0.393. The molecule has 0 amide bonds. The molecule has 0 saturated heterocycles. The maximum Gasteiger partial charge on any atom is 0.199 e. The smallest absolute Gasteiger partial charge is 0.199 e. The van der Waals surface area contributed by atoms with Crippen LogP contribution >= 0.6 is 0 Å². The molecule has 4 aromatic rings. The van der Waals surface area contributed by atoms with Crippen molar-refractivity contribution in [3.8, 4) is 22.8 Å². The molecule has 3 aliphatic carbocycles. The van der Waals surface area contributed by atoms with Gasteiger partial charge in [-0.25, -0.2) is 18.7 Å². The van der Waals surface area contributed by atoms with Crippen molar-refractivity contribution in [3.05, 3.63) is 76.9 Å². The Bertz CT molecular complexity index is 1540. The average molecular weight is 501 g/mol. The van der Waals surface area contributed by atoms with Crippen LogP contribution in [0.1, 0.15) is 74.6 Å². The predicted octanol–water partition coefficient (Wildman–Crippen LogP) is 5.18. The Hall–Kier alpha value is -3.59. The molecule has 2 fully saturated rings. The van der Waals surface area contributed by atoms with E-state index in [1.165, 1.54) is 18.2 Å². The number of aliphatic hydroxyl groups is 1. The SMILES string of the molecule is CC1(C)[C@H]2CC[C@]1(c1cccc(-c3n[nH]c(C4(O)CCC4)n3)n1)c1nnc(-c3c(F)cccc3F)cc12. The lowest BCUT2D eigenvalue weighted by atomic mass is 9.66. The molecular weight excluding hydrogens is 474 g/mol. The van der Waals surface area contributed by atoms with Gasteiger partial charge in [-0.05, 0) is 79.3 Å². The lowest BCUT2D eigenvalue weighted by Gasteiger charge is -2.37. The van der Waals surface area contributed by atoms with Crippen LogP contribution in [-0.2, 0) is 11.0 Å². The minimum absolute atomic E-state index is 0.152. The van der Waals surface area contributed by atoms with Crippen molar-refractivity contribution < 1.29 is 13.9 Å². The van der Waals surface area contributed by atoms with Gasteiger partial charge < -0.3 is 5.11 Å². The number of hydrogen-bond donors (Lipinski definition) is 2. The normalized spacial score (nSPS) is 24.6. The van der Waals surface area contributed by atoms with E-state index in [1.54, 1.807) is 0 Å². The zero-order valence-electron chi connectivity index (χ0n) is 20.6. The number of halogens is 2. The van der Waals surface area contributed by atoms with E-state index in [1.807, 2.05) is 24.3 Å². The van der Waals surface area contributed by atoms with Gasteiger partial charge in [-0.15, -0.1) is 5.10 Å². The minimum Gasteiger partial charge on any atom is -0.382 e. The molecule has 9 heteroatoms. The molecule has 0 unspecified atom stereocenters. The molecule has 2 atom stereocenters. The van der Waals surface area contributed by atoms with Gasteiger partial charge in [-0.2, -0.15) is 10.2 Å². The van der Waals surface area contributed by atoms with Crippen molar-refractivity contribution in [3.63, 3.8) is 0 Å². The molecule has 3 heterocycles. The third-order valence-electron chi connectivity index (χ3n) is 9.12. The molecule has 37 heavy (non-hydrogen) atoms. The van der Waals surface area contributed by atoms with Crippen LogP contribution < -0.4 is 0 Å². The van der Waals surface area contributed by atoms with Crippen molar-refractivity contribution in [2.75, 3.05) is 0 Å². The topological polar surface area (TPSA) is 100 Å². The third kappa shape index (κ3) is 2.91. The molecule has 2 N–H and O–H groups in total. The molecule has 3 aliphatic rings. The van der Waals surface area contributed by atoms with Gasteiger partial charge in [0.05, 0.1) is 28.1 Å². The Kier molecular flexibility index (Phi) is 4.56. The number of hydrogen-bond acceptors (Lipinski definition) is 6. The van der Waals surface area contributed by atoms with E-state index in [4.69, 9.17) is 4.98 Å². The van der Waals surface area contributed by atoms with E-state index in [2.05, 4.69) is 39.2 Å². The van der Waals surface area contributed by atoms with Gasteiger partial charge in [0, 0.05) is 0 Å². The van der Waals surface area contributed by atoms with Crippen LogP contribution in [0.3, 0.4) is 0 Å². The Morgan fingerprint density at radius 3 is 2.43 bits per heavy atom. The molecule has 0 radical (unpaired) electrons. The first-order valence-electron chi connectivity index (χ1n) is 12.7. The summed E-state index contributed by atoms with van der Waals surface area (Å²) in [6.45, 7) is 4.42. The van der Waals surface area contributed by atoms with E-state index < -0.39 is 22.7 Å². The van der Waals surface area contributed by atoms with Gasteiger partial charge in [0.25, 0.3) is 0 Å². The van der Waals surface area contributed by atoms with Gasteiger partial charge in [-0.1, -0.05) is 26.0 Å². The number of fused-ring (bicyclic) bond motifs is 5. The number of nitrogens with one attached hydrogen (secondary N) is 1. The van der Waals surface area contributed by atoms with Crippen LogP contribution in [0.2, 0.25) is 0 Å². The zero-order chi connectivity index (χ0) is 25.6. The Morgan fingerprint density at radius 1 is 0.946 bits per heavy atom. The Balaban J connectivity index is 1.33. The first kappa shape index (κ1) is 22.6. The fourth-order valence-electron chi connectivity index (χ4n) is 6.89. The molecule has 0 aliphatic heterocycles. The van der Waals surface area contributed by atoms with Crippen molar-refractivity contribution in [1.82, 2.24) is 30.4 Å². The van der Waals surface area contributed by atoms with Crippen LogP contribution in [0.4, 0.5) is 8.78 Å².